The predicted octanol–water partition coefficient (Wildman–Crippen LogP) is 3.52. The summed E-state index contributed by atoms with van der Waals surface area (Å²) in [7, 11) is 0. The molecule has 0 amide bonds. The molecular formula is C12H14ClNS2. The van der Waals surface area contributed by atoms with Gasteiger partial charge in [-0.3, -0.25) is 0 Å². The molecule has 2 rings (SSSR count). The zero-order chi connectivity index (χ0) is 11.5. The molecule has 0 aromatic heterocycles. The quantitative estimate of drug-likeness (QED) is 0.471. The van der Waals surface area contributed by atoms with E-state index in [1.807, 2.05) is 13.0 Å². The van der Waals surface area contributed by atoms with Crippen LogP contribution in [0.5, 0.6) is 0 Å². The first-order chi connectivity index (χ1) is 7.68. The SMILES string of the molecule is CC(Cl)N1C(=S)SCC1Cc1ccccc1. The Morgan fingerprint density at radius 1 is 1.50 bits per heavy atom. The van der Waals surface area contributed by atoms with Crippen LogP contribution in [0.2, 0.25) is 0 Å². The van der Waals surface area contributed by atoms with Crippen LogP contribution in [0.25, 0.3) is 0 Å². The molecule has 0 spiro atoms. The van der Waals surface area contributed by atoms with E-state index in [4.69, 9.17) is 23.8 Å². The van der Waals surface area contributed by atoms with Crippen molar-refractivity contribution < 1.29 is 0 Å². The molecule has 1 saturated heterocycles. The number of alkyl halides is 1. The Morgan fingerprint density at radius 2 is 2.19 bits per heavy atom. The molecule has 1 aromatic rings. The monoisotopic (exact) mass is 271 g/mol. The van der Waals surface area contributed by atoms with Crippen molar-refractivity contribution in [1.82, 2.24) is 4.90 Å². The molecule has 0 bridgehead atoms. The molecule has 2 atom stereocenters. The van der Waals surface area contributed by atoms with Gasteiger partial charge in [0.25, 0.3) is 0 Å². The number of thioether (sulfide) groups is 1. The smallest absolute Gasteiger partial charge is 0.137 e. The molecular weight excluding hydrogens is 258 g/mol. The molecule has 0 saturated carbocycles. The summed E-state index contributed by atoms with van der Waals surface area (Å²) >= 11 is 13.2. The third kappa shape index (κ3) is 2.70. The van der Waals surface area contributed by atoms with Gasteiger partial charge in [-0.15, -0.1) is 0 Å². The minimum Gasteiger partial charge on any atom is -0.337 e. The lowest BCUT2D eigenvalue weighted by Gasteiger charge is -2.28. The lowest BCUT2D eigenvalue weighted by Crippen LogP contribution is -2.38. The summed E-state index contributed by atoms with van der Waals surface area (Å²) in [5.74, 6) is 1.05. The first kappa shape index (κ1) is 12.2. The lowest BCUT2D eigenvalue weighted by molar-refractivity contribution is 0.342. The van der Waals surface area contributed by atoms with Gasteiger partial charge in [0, 0.05) is 11.8 Å². The summed E-state index contributed by atoms with van der Waals surface area (Å²) in [6.45, 7) is 1.98. The van der Waals surface area contributed by atoms with Crippen molar-refractivity contribution in [1.29, 1.82) is 0 Å². The van der Waals surface area contributed by atoms with Crippen LogP contribution in [0.3, 0.4) is 0 Å². The van der Waals surface area contributed by atoms with E-state index in [1.54, 1.807) is 11.8 Å². The molecule has 86 valence electrons. The third-order valence-corrected chi connectivity index (χ3v) is 4.48. The molecule has 0 aliphatic carbocycles. The average molecular weight is 272 g/mol. The van der Waals surface area contributed by atoms with E-state index in [1.165, 1.54) is 5.56 Å². The van der Waals surface area contributed by atoms with E-state index < -0.39 is 0 Å². The Balaban J connectivity index is 2.07. The largest absolute Gasteiger partial charge is 0.337 e. The summed E-state index contributed by atoms with van der Waals surface area (Å²) in [6, 6.07) is 10.9. The van der Waals surface area contributed by atoms with Crippen molar-refractivity contribution in [2.24, 2.45) is 0 Å². The molecule has 0 radical (unpaired) electrons. The fraction of sp³-hybridized carbons (Fsp3) is 0.417. The Hall–Kier alpha value is -0.250. The van der Waals surface area contributed by atoms with Crippen LogP contribution in [-0.2, 0) is 6.42 Å². The van der Waals surface area contributed by atoms with E-state index in [0.29, 0.717) is 6.04 Å². The highest BCUT2D eigenvalue weighted by Gasteiger charge is 2.31. The van der Waals surface area contributed by atoms with Crippen LogP contribution in [0.4, 0.5) is 0 Å². The second kappa shape index (κ2) is 5.39. The summed E-state index contributed by atoms with van der Waals surface area (Å²) in [6.07, 6.45) is 1.02. The molecule has 1 heterocycles. The van der Waals surface area contributed by atoms with Crippen molar-refractivity contribution in [3.05, 3.63) is 35.9 Å². The third-order valence-electron chi connectivity index (χ3n) is 2.70. The zero-order valence-electron chi connectivity index (χ0n) is 9.10. The first-order valence-corrected chi connectivity index (χ1v) is 7.14. The van der Waals surface area contributed by atoms with Crippen molar-refractivity contribution in [3.8, 4) is 0 Å². The second-order valence-corrected chi connectivity index (χ2v) is 6.19. The minimum atomic E-state index is -0.0174. The van der Waals surface area contributed by atoms with Crippen LogP contribution >= 0.6 is 35.6 Å². The molecule has 1 aromatic carbocycles. The van der Waals surface area contributed by atoms with E-state index >= 15 is 0 Å². The number of hydrogen-bond acceptors (Lipinski definition) is 2. The van der Waals surface area contributed by atoms with Crippen LogP contribution < -0.4 is 0 Å². The maximum atomic E-state index is 6.16. The molecule has 1 aliphatic rings. The number of nitrogens with zero attached hydrogens (tertiary/aromatic N) is 1. The topological polar surface area (TPSA) is 3.24 Å². The number of thiocarbonyl (C=S) groups is 1. The van der Waals surface area contributed by atoms with Gasteiger partial charge in [0.15, 0.2) is 0 Å². The Morgan fingerprint density at radius 3 is 2.81 bits per heavy atom. The minimum absolute atomic E-state index is 0.0174. The van der Waals surface area contributed by atoms with Gasteiger partial charge in [0.2, 0.25) is 0 Å². The fourth-order valence-corrected chi connectivity index (χ4v) is 3.90. The van der Waals surface area contributed by atoms with E-state index in [9.17, 15) is 0 Å². The van der Waals surface area contributed by atoms with Crippen LogP contribution in [0, 0.1) is 0 Å². The maximum absolute atomic E-state index is 6.16. The van der Waals surface area contributed by atoms with Gasteiger partial charge in [-0.05, 0) is 18.9 Å². The number of hydrogen-bond donors (Lipinski definition) is 0. The summed E-state index contributed by atoms with van der Waals surface area (Å²) in [5.41, 5.74) is 1.33. The van der Waals surface area contributed by atoms with Gasteiger partial charge in [-0.25, -0.2) is 0 Å². The van der Waals surface area contributed by atoms with Crippen molar-refractivity contribution in [2.45, 2.75) is 24.9 Å². The Bertz CT molecular complexity index is 367. The molecule has 4 heteroatoms. The maximum Gasteiger partial charge on any atom is 0.137 e. The molecule has 2 unspecified atom stereocenters. The predicted molar refractivity (Wildman–Crippen MR) is 76.1 cm³/mol. The standard InChI is InChI=1S/C12H14ClNS2/c1-9(13)14-11(8-16-12(14)15)7-10-5-3-2-4-6-10/h2-6,9,11H,7-8H2,1H3. The molecule has 1 nitrogen and oxygen atoms in total. The first-order valence-electron chi connectivity index (χ1n) is 5.31. The summed E-state index contributed by atoms with van der Waals surface area (Å²) in [4.78, 5) is 2.15. The molecule has 16 heavy (non-hydrogen) atoms. The van der Waals surface area contributed by atoms with Crippen LogP contribution in [0.15, 0.2) is 30.3 Å². The molecule has 0 N–H and O–H groups in total. The fourth-order valence-electron chi connectivity index (χ4n) is 1.95. The summed E-state index contributed by atoms with van der Waals surface area (Å²) in [5, 5.41) is 0. The van der Waals surface area contributed by atoms with Gasteiger partial charge < -0.3 is 4.90 Å². The average Bonchev–Trinajstić information content (AvgIpc) is 2.61. The highest BCUT2D eigenvalue weighted by Crippen LogP contribution is 2.29. The zero-order valence-corrected chi connectivity index (χ0v) is 11.5. The van der Waals surface area contributed by atoms with Crippen LogP contribution in [0.1, 0.15) is 12.5 Å². The number of halogens is 1. The van der Waals surface area contributed by atoms with Crippen molar-refractivity contribution in [3.63, 3.8) is 0 Å². The summed E-state index contributed by atoms with van der Waals surface area (Å²) < 4.78 is 0.934. The normalized spacial score (nSPS) is 22.5. The van der Waals surface area contributed by atoms with E-state index in [-0.39, 0.29) is 5.50 Å². The number of benzene rings is 1. The van der Waals surface area contributed by atoms with Crippen molar-refractivity contribution in [2.75, 3.05) is 5.75 Å². The van der Waals surface area contributed by atoms with Gasteiger partial charge in [-0.1, -0.05) is 65.9 Å². The van der Waals surface area contributed by atoms with Gasteiger partial charge >= 0.3 is 0 Å². The lowest BCUT2D eigenvalue weighted by atomic mass is 10.1. The van der Waals surface area contributed by atoms with Gasteiger partial charge in [0.05, 0.1) is 0 Å². The molecule has 1 aliphatic heterocycles. The van der Waals surface area contributed by atoms with Gasteiger partial charge in [-0.2, -0.15) is 0 Å². The molecule has 1 fully saturated rings. The van der Waals surface area contributed by atoms with E-state index in [0.717, 1.165) is 16.5 Å². The highest BCUT2D eigenvalue weighted by molar-refractivity contribution is 8.23. The van der Waals surface area contributed by atoms with Crippen LogP contribution in [-0.4, -0.2) is 26.5 Å². The highest BCUT2D eigenvalue weighted by atomic mass is 35.5. The Labute approximate surface area is 111 Å². The Kier molecular flexibility index (Phi) is 4.11. The van der Waals surface area contributed by atoms with Crippen molar-refractivity contribution >= 4 is 39.9 Å². The second-order valence-electron chi connectivity index (χ2n) is 3.90. The van der Waals surface area contributed by atoms with E-state index in [2.05, 4.69) is 29.2 Å². The van der Waals surface area contributed by atoms with Gasteiger partial charge in [0.1, 0.15) is 9.82 Å². The number of rotatable bonds is 3.